The van der Waals surface area contributed by atoms with Gasteiger partial charge in [-0.2, -0.15) is 0 Å². The van der Waals surface area contributed by atoms with Gasteiger partial charge >= 0.3 is 0 Å². The monoisotopic (exact) mass is 428 g/mol. The Labute approximate surface area is 187 Å². The van der Waals surface area contributed by atoms with Crippen LogP contribution in [0.15, 0.2) is 11.6 Å². The smallest absolute Gasteiger partial charge is 0.171 e. The molecule has 2 heterocycles. The molecule has 172 valence electrons. The SMILES string of the molecule is C[C@H]1[C@H]2[C@H](C[C@H]3[C@@H]4CCC5=CC(=O)CC[C@]5(C)[C@H]4CC[C@]23C)O[C@]12CCC(C)(O)CO2. The van der Waals surface area contributed by atoms with E-state index in [9.17, 15) is 9.90 Å². The summed E-state index contributed by atoms with van der Waals surface area (Å²) in [6.07, 6.45) is 11.8. The van der Waals surface area contributed by atoms with Crippen LogP contribution in [0.1, 0.15) is 85.5 Å². The van der Waals surface area contributed by atoms with Gasteiger partial charge in [0.25, 0.3) is 0 Å². The quantitative estimate of drug-likeness (QED) is 0.587. The zero-order chi connectivity index (χ0) is 21.8. The molecule has 0 aromatic carbocycles. The molecular formula is C27H40O4. The zero-order valence-electron chi connectivity index (χ0n) is 19.8. The minimum atomic E-state index is -0.722. The molecule has 6 rings (SSSR count). The Morgan fingerprint density at radius 3 is 2.58 bits per heavy atom. The van der Waals surface area contributed by atoms with Gasteiger partial charge < -0.3 is 14.6 Å². The van der Waals surface area contributed by atoms with Crippen LogP contribution in [0.25, 0.3) is 0 Å². The molecule has 1 N–H and O–H groups in total. The van der Waals surface area contributed by atoms with E-state index in [1.54, 1.807) is 0 Å². The Hall–Kier alpha value is -0.710. The van der Waals surface area contributed by atoms with E-state index in [1.807, 2.05) is 13.0 Å². The largest absolute Gasteiger partial charge is 0.388 e. The molecule has 0 amide bonds. The van der Waals surface area contributed by atoms with Crippen molar-refractivity contribution in [1.82, 2.24) is 0 Å². The lowest BCUT2D eigenvalue weighted by Gasteiger charge is -2.58. The minimum Gasteiger partial charge on any atom is -0.388 e. The Morgan fingerprint density at radius 2 is 1.84 bits per heavy atom. The molecule has 4 nitrogen and oxygen atoms in total. The fourth-order valence-electron chi connectivity index (χ4n) is 9.56. The fraction of sp³-hybridized carbons (Fsp3) is 0.889. The van der Waals surface area contributed by atoms with E-state index in [4.69, 9.17) is 9.47 Å². The Morgan fingerprint density at radius 1 is 1.03 bits per heavy atom. The second kappa shape index (κ2) is 6.45. The normalized spacial score (nSPS) is 58.4. The molecule has 6 aliphatic rings. The molecule has 1 spiro atoms. The summed E-state index contributed by atoms with van der Waals surface area (Å²) >= 11 is 0. The summed E-state index contributed by atoms with van der Waals surface area (Å²) in [5, 5.41) is 10.4. The Bertz CT molecular complexity index is 819. The predicted molar refractivity (Wildman–Crippen MR) is 118 cm³/mol. The number of hydrogen-bond acceptors (Lipinski definition) is 4. The summed E-state index contributed by atoms with van der Waals surface area (Å²) in [7, 11) is 0. The van der Waals surface area contributed by atoms with Gasteiger partial charge in [-0.3, -0.25) is 4.79 Å². The van der Waals surface area contributed by atoms with E-state index in [0.29, 0.717) is 35.7 Å². The highest BCUT2D eigenvalue weighted by molar-refractivity contribution is 5.91. The number of ketones is 1. The molecule has 31 heavy (non-hydrogen) atoms. The summed E-state index contributed by atoms with van der Waals surface area (Å²) in [5.74, 6) is 3.01. The number of allylic oxidation sites excluding steroid dienone is 1. The van der Waals surface area contributed by atoms with E-state index < -0.39 is 11.4 Å². The first-order chi connectivity index (χ1) is 14.6. The summed E-state index contributed by atoms with van der Waals surface area (Å²) in [6, 6.07) is 0. The maximum absolute atomic E-state index is 12.1. The molecule has 3 saturated carbocycles. The van der Waals surface area contributed by atoms with Crippen LogP contribution < -0.4 is 0 Å². The van der Waals surface area contributed by atoms with Gasteiger partial charge in [-0.1, -0.05) is 26.3 Å². The van der Waals surface area contributed by atoms with Gasteiger partial charge in [0.15, 0.2) is 11.6 Å². The van der Waals surface area contributed by atoms with Crippen molar-refractivity contribution >= 4 is 5.78 Å². The molecule has 1 unspecified atom stereocenters. The molecule has 4 heteroatoms. The molecule has 0 radical (unpaired) electrons. The molecule has 0 aromatic heterocycles. The number of rotatable bonds is 0. The van der Waals surface area contributed by atoms with E-state index in [2.05, 4.69) is 20.8 Å². The molecular weight excluding hydrogens is 388 g/mol. The highest BCUT2D eigenvalue weighted by Gasteiger charge is 2.69. The third-order valence-electron chi connectivity index (χ3n) is 11.3. The molecule has 5 fully saturated rings. The average Bonchev–Trinajstić information content (AvgIpc) is 3.16. The number of ether oxygens (including phenoxy) is 2. The van der Waals surface area contributed by atoms with E-state index in [1.165, 1.54) is 31.3 Å². The second-order valence-electron chi connectivity index (χ2n) is 12.8. The molecule has 0 aromatic rings. The van der Waals surface area contributed by atoms with Crippen molar-refractivity contribution in [3.63, 3.8) is 0 Å². The van der Waals surface area contributed by atoms with Crippen molar-refractivity contribution in [3.05, 3.63) is 11.6 Å². The van der Waals surface area contributed by atoms with Crippen LogP contribution in [0.4, 0.5) is 0 Å². The first kappa shape index (κ1) is 20.9. The predicted octanol–water partition coefficient (Wildman–Crippen LogP) is 5.04. The van der Waals surface area contributed by atoms with Gasteiger partial charge in [-0.25, -0.2) is 0 Å². The lowest BCUT2D eigenvalue weighted by atomic mass is 9.46. The van der Waals surface area contributed by atoms with Gasteiger partial charge in [0.1, 0.15) is 0 Å². The van der Waals surface area contributed by atoms with Gasteiger partial charge in [0.05, 0.1) is 18.3 Å². The van der Waals surface area contributed by atoms with E-state index in [0.717, 1.165) is 49.9 Å². The van der Waals surface area contributed by atoms with Gasteiger partial charge in [-0.05, 0) is 92.4 Å². The van der Waals surface area contributed by atoms with Crippen LogP contribution in [-0.2, 0) is 14.3 Å². The Kier molecular flexibility index (Phi) is 4.34. The van der Waals surface area contributed by atoms with Crippen molar-refractivity contribution in [2.75, 3.05) is 6.61 Å². The lowest BCUT2D eigenvalue weighted by molar-refractivity contribution is -0.293. The summed E-state index contributed by atoms with van der Waals surface area (Å²) in [6.45, 7) is 9.66. The fourth-order valence-corrected chi connectivity index (χ4v) is 9.56. The van der Waals surface area contributed by atoms with Gasteiger partial charge in [0, 0.05) is 18.8 Å². The number of hydrogen-bond donors (Lipinski definition) is 1. The third kappa shape index (κ3) is 2.74. The lowest BCUT2D eigenvalue weighted by Crippen LogP contribution is -2.54. The highest BCUT2D eigenvalue weighted by atomic mass is 16.7. The van der Waals surface area contributed by atoms with E-state index >= 15 is 0 Å². The van der Waals surface area contributed by atoms with Crippen LogP contribution in [0.3, 0.4) is 0 Å². The van der Waals surface area contributed by atoms with Crippen LogP contribution in [0.2, 0.25) is 0 Å². The summed E-state index contributed by atoms with van der Waals surface area (Å²) < 4.78 is 13.1. The minimum absolute atomic E-state index is 0.238. The van der Waals surface area contributed by atoms with Crippen molar-refractivity contribution in [2.45, 2.75) is 103 Å². The molecule has 2 aliphatic heterocycles. The molecule has 10 atom stereocenters. The summed E-state index contributed by atoms with van der Waals surface area (Å²) in [4.78, 5) is 12.1. The maximum atomic E-state index is 12.1. The van der Waals surface area contributed by atoms with Crippen LogP contribution >= 0.6 is 0 Å². The maximum Gasteiger partial charge on any atom is 0.171 e. The standard InChI is InChI=1S/C27H40O4/c1-16-23-22(31-27(16)12-11-24(2,29)15-30-27)14-21-19-6-5-17-13-18(28)7-9-25(17,3)20(19)8-10-26(21,23)4/h13,16,19-23,29H,5-12,14-15H2,1-4H3/t16-,19+,20-,21-,22-,23-,24?,25-,26-,27+/m0/s1. The van der Waals surface area contributed by atoms with Crippen LogP contribution in [0, 0.1) is 40.4 Å². The van der Waals surface area contributed by atoms with Crippen LogP contribution in [-0.4, -0.2) is 35.0 Å². The number of carbonyl (C=O) groups excluding carboxylic acids is 1. The first-order valence-electron chi connectivity index (χ1n) is 12.9. The summed E-state index contributed by atoms with van der Waals surface area (Å²) in [5.41, 5.74) is 1.29. The van der Waals surface area contributed by atoms with Gasteiger partial charge in [-0.15, -0.1) is 0 Å². The average molecular weight is 429 g/mol. The number of fused-ring (bicyclic) bond motifs is 7. The van der Waals surface area contributed by atoms with Crippen molar-refractivity contribution in [3.8, 4) is 0 Å². The molecule has 4 aliphatic carbocycles. The van der Waals surface area contributed by atoms with Crippen molar-refractivity contribution in [1.29, 1.82) is 0 Å². The highest BCUT2D eigenvalue weighted by Crippen LogP contribution is 2.70. The van der Waals surface area contributed by atoms with Crippen molar-refractivity contribution in [2.24, 2.45) is 40.4 Å². The Balaban J connectivity index is 1.27. The second-order valence-corrected chi connectivity index (χ2v) is 12.8. The van der Waals surface area contributed by atoms with E-state index in [-0.39, 0.29) is 5.41 Å². The zero-order valence-corrected chi connectivity index (χ0v) is 19.8. The first-order valence-corrected chi connectivity index (χ1v) is 12.9. The number of aliphatic hydroxyl groups is 1. The van der Waals surface area contributed by atoms with Gasteiger partial charge in [0.2, 0.25) is 0 Å². The third-order valence-corrected chi connectivity index (χ3v) is 11.3. The topological polar surface area (TPSA) is 55.8 Å². The molecule has 2 saturated heterocycles. The van der Waals surface area contributed by atoms with Crippen LogP contribution in [0.5, 0.6) is 0 Å². The molecule has 0 bridgehead atoms. The number of carbonyl (C=O) groups is 1. The van der Waals surface area contributed by atoms with Crippen molar-refractivity contribution < 1.29 is 19.4 Å².